The lowest BCUT2D eigenvalue weighted by molar-refractivity contribution is 0.296. The minimum Gasteiger partial charge on any atom is -0.323 e. The number of nitrogens with two attached hydrogens (primary N) is 1. The standard InChI is InChI=1S/C9H14N4/c10-9(4-5-9)7-2-1-3-8-11-6-12-13(7)8/h6-7H,1-5,10H2. The van der Waals surface area contributed by atoms with Crippen LogP contribution < -0.4 is 5.73 Å². The highest BCUT2D eigenvalue weighted by molar-refractivity contribution is 5.09. The Hall–Kier alpha value is -0.900. The maximum Gasteiger partial charge on any atom is 0.138 e. The van der Waals surface area contributed by atoms with Crippen molar-refractivity contribution in [3.05, 3.63) is 12.2 Å². The molecule has 2 aliphatic rings. The summed E-state index contributed by atoms with van der Waals surface area (Å²) in [4.78, 5) is 4.24. The fraction of sp³-hybridized carbons (Fsp3) is 0.778. The van der Waals surface area contributed by atoms with Crippen molar-refractivity contribution < 1.29 is 0 Å². The number of aromatic nitrogens is 3. The Bertz CT molecular complexity index is 326. The second-order valence-electron chi connectivity index (χ2n) is 4.26. The van der Waals surface area contributed by atoms with Crippen molar-refractivity contribution in [3.63, 3.8) is 0 Å². The van der Waals surface area contributed by atoms with E-state index in [9.17, 15) is 0 Å². The molecule has 4 nitrogen and oxygen atoms in total. The summed E-state index contributed by atoms with van der Waals surface area (Å²) >= 11 is 0. The highest BCUT2D eigenvalue weighted by atomic mass is 15.4. The minimum atomic E-state index is 0.0445. The van der Waals surface area contributed by atoms with Crippen molar-refractivity contribution in [3.8, 4) is 0 Å². The monoisotopic (exact) mass is 178 g/mol. The van der Waals surface area contributed by atoms with Gasteiger partial charge < -0.3 is 5.73 Å². The zero-order valence-electron chi connectivity index (χ0n) is 7.61. The van der Waals surface area contributed by atoms with Crippen LogP contribution >= 0.6 is 0 Å². The van der Waals surface area contributed by atoms with Gasteiger partial charge in [0.05, 0.1) is 6.04 Å². The third-order valence-corrected chi connectivity index (χ3v) is 3.31. The van der Waals surface area contributed by atoms with E-state index in [1.54, 1.807) is 6.33 Å². The molecule has 1 aliphatic carbocycles. The number of aryl methyl sites for hydroxylation is 1. The van der Waals surface area contributed by atoms with Crippen molar-refractivity contribution in [2.24, 2.45) is 5.73 Å². The topological polar surface area (TPSA) is 56.7 Å². The normalized spacial score (nSPS) is 29.8. The molecule has 0 saturated heterocycles. The molecule has 0 radical (unpaired) electrons. The van der Waals surface area contributed by atoms with Crippen LogP contribution in [0.3, 0.4) is 0 Å². The highest BCUT2D eigenvalue weighted by Gasteiger charge is 2.48. The molecule has 1 aromatic rings. The summed E-state index contributed by atoms with van der Waals surface area (Å²) in [6, 6.07) is 0.416. The summed E-state index contributed by atoms with van der Waals surface area (Å²) in [5, 5.41) is 4.27. The van der Waals surface area contributed by atoms with Crippen LogP contribution in [0.4, 0.5) is 0 Å². The van der Waals surface area contributed by atoms with Crippen LogP contribution in [0.25, 0.3) is 0 Å². The molecule has 2 heterocycles. The number of hydrogen-bond donors (Lipinski definition) is 1. The summed E-state index contributed by atoms with van der Waals surface area (Å²) in [6.07, 6.45) is 7.40. The van der Waals surface area contributed by atoms with Crippen LogP contribution in [-0.2, 0) is 6.42 Å². The van der Waals surface area contributed by atoms with Crippen LogP contribution in [0.2, 0.25) is 0 Å². The van der Waals surface area contributed by atoms with Gasteiger partial charge in [-0.25, -0.2) is 9.67 Å². The van der Waals surface area contributed by atoms with Gasteiger partial charge >= 0.3 is 0 Å². The van der Waals surface area contributed by atoms with Crippen LogP contribution in [0, 0.1) is 0 Å². The molecule has 1 saturated carbocycles. The van der Waals surface area contributed by atoms with E-state index in [1.165, 1.54) is 12.8 Å². The molecule has 13 heavy (non-hydrogen) atoms. The summed E-state index contributed by atoms with van der Waals surface area (Å²) in [7, 11) is 0. The number of hydrogen-bond acceptors (Lipinski definition) is 3. The maximum absolute atomic E-state index is 6.21. The van der Waals surface area contributed by atoms with E-state index in [4.69, 9.17) is 5.73 Å². The number of fused-ring (bicyclic) bond motifs is 1. The molecule has 1 atom stereocenters. The molecular weight excluding hydrogens is 164 g/mol. The molecule has 1 aliphatic heterocycles. The summed E-state index contributed by atoms with van der Waals surface area (Å²) < 4.78 is 2.05. The number of nitrogens with zero attached hydrogens (tertiary/aromatic N) is 3. The van der Waals surface area contributed by atoms with E-state index in [0.29, 0.717) is 6.04 Å². The van der Waals surface area contributed by atoms with Gasteiger partial charge in [0.15, 0.2) is 0 Å². The third kappa shape index (κ3) is 1.01. The van der Waals surface area contributed by atoms with Crippen molar-refractivity contribution in [2.75, 3.05) is 0 Å². The van der Waals surface area contributed by atoms with E-state index in [2.05, 4.69) is 14.8 Å². The lowest BCUT2D eigenvalue weighted by atomic mass is 9.97. The largest absolute Gasteiger partial charge is 0.323 e. The predicted octanol–water partition coefficient (Wildman–Crippen LogP) is 0.647. The van der Waals surface area contributed by atoms with Gasteiger partial charge in [-0.2, -0.15) is 5.10 Å². The van der Waals surface area contributed by atoms with Gasteiger partial charge in [0, 0.05) is 12.0 Å². The Balaban J connectivity index is 2.00. The van der Waals surface area contributed by atoms with Gasteiger partial charge in [-0.1, -0.05) is 0 Å². The zero-order valence-corrected chi connectivity index (χ0v) is 7.61. The lowest BCUT2D eigenvalue weighted by Gasteiger charge is -2.28. The Morgan fingerprint density at radius 1 is 1.54 bits per heavy atom. The average molecular weight is 178 g/mol. The quantitative estimate of drug-likeness (QED) is 0.686. The van der Waals surface area contributed by atoms with E-state index in [0.717, 1.165) is 25.1 Å². The van der Waals surface area contributed by atoms with Gasteiger partial charge in [-0.05, 0) is 25.7 Å². The molecule has 70 valence electrons. The number of rotatable bonds is 1. The van der Waals surface area contributed by atoms with Crippen molar-refractivity contribution in [1.29, 1.82) is 0 Å². The minimum absolute atomic E-state index is 0.0445. The van der Waals surface area contributed by atoms with E-state index in [1.807, 2.05) is 0 Å². The summed E-state index contributed by atoms with van der Waals surface area (Å²) in [5.74, 6) is 1.12. The third-order valence-electron chi connectivity index (χ3n) is 3.31. The summed E-state index contributed by atoms with van der Waals surface area (Å²) in [6.45, 7) is 0. The van der Waals surface area contributed by atoms with Gasteiger partial charge in [-0.3, -0.25) is 0 Å². The Labute approximate surface area is 77.1 Å². The summed E-state index contributed by atoms with van der Waals surface area (Å²) in [5.41, 5.74) is 6.25. The highest BCUT2D eigenvalue weighted by Crippen LogP contribution is 2.45. The molecule has 0 spiro atoms. The van der Waals surface area contributed by atoms with E-state index >= 15 is 0 Å². The molecule has 0 aromatic carbocycles. The predicted molar refractivity (Wildman–Crippen MR) is 48.1 cm³/mol. The van der Waals surface area contributed by atoms with Crippen LogP contribution in [0.15, 0.2) is 6.33 Å². The fourth-order valence-electron chi connectivity index (χ4n) is 2.30. The molecule has 3 rings (SSSR count). The van der Waals surface area contributed by atoms with Crippen LogP contribution in [0.1, 0.15) is 37.5 Å². The van der Waals surface area contributed by atoms with Gasteiger partial charge in [-0.15, -0.1) is 0 Å². The average Bonchev–Trinajstić information content (AvgIpc) is 2.72. The Morgan fingerprint density at radius 2 is 2.38 bits per heavy atom. The molecule has 2 N–H and O–H groups in total. The molecular formula is C9H14N4. The SMILES string of the molecule is NC1(C2CCCc3ncnn32)CC1. The van der Waals surface area contributed by atoms with E-state index in [-0.39, 0.29) is 5.54 Å². The second kappa shape index (κ2) is 2.32. The zero-order chi connectivity index (χ0) is 8.89. The van der Waals surface area contributed by atoms with Crippen molar-refractivity contribution >= 4 is 0 Å². The Morgan fingerprint density at radius 3 is 3.15 bits per heavy atom. The molecule has 0 bridgehead atoms. The molecule has 1 aromatic heterocycles. The Kier molecular flexibility index (Phi) is 1.34. The van der Waals surface area contributed by atoms with Crippen LogP contribution in [0.5, 0.6) is 0 Å². The van der Waals surface area contributed by atoms with Gasteiger partial charge in [0.25, 0.3) is 0 Å². The van der Waals surface area contributed by atoms with Crippen molar-refractivity contribution in [1.82, 2.24) is 14.8 Å². The molecule has 0 amide bonds. The first-order chi connectivity index (χ1) is 6.30. The van der Waals surface area contributed by atoms with Gasteiger partial charge in [0.1, 0.15) is 12.2 Å². The first-order valence-electron chi connectivity index (χ1n) is 4.97. The molecule has 1 fully saturated rings. The molecule has 4 heteroatoms. The van der Waals surface area contributed by atoms with Crippen molar-refractivity contribution in [2.45, 2.75) is 43.7 Å². The second-order valence-corrected chi connectivity index (χ2v) is 4.26. The lowest BCUT2D eigenvalue weighted by Crippen LogP contribution is -2.37. The maximum atomic E-state index is 6.21. The molecule has 1 unspecified atom stereocenters. The van der Waals surface area contributed by atoms with Gasteiger partial charge in [0.2, 0.25) is 0 Å². The first-order valence-corrected chi connectivity index (χ1v) is 4.97. The van der Waals surface area contributed by atoms with E-state index < -0.39 is 0 Å². The smallest absolute Gasteiger partial charge is 0.138 e. The fourth-order valence-corrected chi connectivity index (χ4v) is 2.30. The first kappa shape index (κ1) is 7.50. The van der Waals surface area contributed by atoms with Crippen LogP contribution in [-0.4, -0.2) is 20.3 Å².